The van der Waals surface area contributed by atoms with E-state index >= 15 is 0 Å². The summed E-state index contributed by atoms with van der Waals surface area (Å²) in [7, 11) is 0. The van der Waals surface area contributed by atoms with Crippen molar-refractivity contribution in [3.8, 4) is 5.75 Å². The summed E-state index contributed by atoms with van der Waals surface area (Å²) in [6.07, 6.45) is 7.61. The molecule has 0 saturated heterocycles. The lowest BCUT2D eigenvalue weighted by Crippen LogP contribution is -2.22. The van der Waals surface area contributed by atoms with Crippen LogP contribution in [-0.4, -0.2) is 15.9 Å². The van der Waals surface area contributed by atoms with Crippen LogP contribution in [-0.2, 0) is 4.79 Å². The molecule has 90 valence electrons. The summed E-state index contributed by atoms with van der Waals surface area (Å²) in [6, 6.07) is 0. The average Bonchev–Trinajstić information content (AvgIpc) is 2.35. The highest BCUT2D eigenvalue weighted by atomic mass is 16.5. The molecule has 1 aliphatic rings. The van der Waals surface area contributed by atoms with E-state index in [1.165, 1.54) is 6.33 Å². The second kappa shape index (κ2) is 4.82. The molecular weight excluding hydrogens is 220 g/mol. The molecule has 1 aromatic heterocycles. The van der Waals surface area contributed by atoms with E-state index in [0.717, 1.165) is 12.8 Å². The Morgan fingerprint density at radius 1 is 1.29 bits per heavy atom. The fourth-order valence-corrected chi connectivity index (χ4v) is 1.70. The molecule has 0 saturated carbocycles. The van der Waals surface area contributed by atoms with Crippen LogP contribution in [0.2, 0.25) is 0 Å². The van der Waals surface area contributed by atoms with Crippen LogP contribution in [0.15, 0.2) is 18.5 Å². The number of carbonyl (C=O) groups excluding carboxylic acids is 1. The fraction of sp³-hybridized carbons (Fsp3) is 0.364. The Hall–Kier alpha value is -2.11. The number of nitrogens with zero attached hydrogens (tertiary/aromatic N) is 2. The number of rotatable bonds is 2. The summed E-state index contributed by atoms with van der Waals surface area (Å²) in [5, 5.41) is 0. The van der Waals surface area contributed by atoms with Crippen molar-refractivity contribution in [2.24, 2.45) is 5.92 Å². The Morgan fingerprint density at radius 3 is 2.59 bits per heavy atom. The van der Waals surface area contributed by atoms with E-state index in [1.807, 2.05) is 6.08 Å². The van der Waals surface area contributed by atoms with Gasteiger partial charge in [0, 0.05) is 0 Å². The number of allylic oxidation sites excluding steroid dienone is 2. The molecule has 6 nitrogen and oxygen atoms in total. The Labute approximate surface area is 98.7 Å². The van der Waals surface area contributed by atoms with E-state index in [0.29, 0.717) is 6.42 Å². The molecule has 0 radical (unpaired) electrons. The number of nitrogens with two attached hydrogens (primary N) is 2. The first kappa shape index (κ1) is 11.4. The van der Waals surface area contributed by atoms with Gasteiger partial charge in [0.05, 0.1) is 5.92 Å². The van der Waals surface area contributed by atoms with Crippen LogP contribution in [0.5, 0.6) is 5.75 Å². The molecule has 0 aliphatic heterocycles. The summed E-state index contributed by atoms with van der Waals surface area (Å²) in [5.74, 6) is -0.247. The third-order valence-corrected chi connectivity index (χ3v) is 2.66. The van der Waals surface area contributed by atoms with Gasteiger partial charge in [0.1, 0.15) is 6.33 Å². The molecule has 0 spiro atoms. The first-order chi connectivity index (χ1) is 8.18. The molecule has 1 atom stereocenters. The fourth-order valence-electron chi connectivity index (χ4n) is 1.70. The second-order valence-corrected chi connectivity index (χ2v) is 3.88. The normalized spacial score (nSPS) is 18.9. The maximum Gasteiger partial charge on any atom is 0.314 e. The number of hydrogen-bond acceptors (Lipinski definition) is 6. The van der Waals surface area contributed by atoms with Gasteiger partial charge < -0.3 is 16.2 Å². The third kappa shape index (κ3) is 2.52. The van der Waals surface area contributed by atoms with E-state index in [-0.39, 0.29) is 29.3 Å². The highest BCUT2D eigenvalue weighted by Gasteiger charge is 2.23. The van der Waals surface area contributed by atoms with E-state index in [2.05, 4.69) is 16.0 Å². The molecule has 6 heteroatoms. The molecule has 0 bridgehead atoms. The van der Waals surface area contributed by atoms with Crippen molar-refractivity contribution in [3.05, 3.63) is 18.5 Å². The minimum Gasteiger partial charge on any atom is -0.418 e. The number of anilines is 2. The van der Waals surface area contributed by atoms with Crippen LogP contribution in [0.1, 0.15) is 19.3 Å². The minimum absolute atomic E-state index is 0.0621. The van der Waals surface area contributed by atoms with Crippen molar-refractivity contribution in [1.29, 1.82) is 0 Å². The number of ether oxygens (including phenoxy) is 1. The minimum atomic E-state index is -0.331. The smallest absolute Gasteiger partial charge is 0.314 e. The summed E-state index contributed by atoms with van der Waals surface area (Å²) < 4.78 is 5.17. The van der Waals surface area contributed by atoms with Gasteiger partial charge in [-0.25, -0.2) is 9.97 Å². The molecule has 0 fully saturated rings. The first-order valence-electron chi connectivity index (χ1n) is 5.41. The first-order valence-corrected chi connectivity index (χ1v) is 5.41. The van der Waals surface area contributed by atoms with Gasteiger partial charge in [-0.2, -0.15) is 0 Å². The SMILES string of the molecule is Nc1ncnc(N)c1OC(=O)C1CC=CCC1. The quantitative estimate of drug-likeness (QED) is 0.582. The molecule has 1 heterocycles. The van der Waals surface area contributed by atoms with Crippen LogP contribution in [0.3, 0.4) is 0 Å². The molecule has 2 rings (SSSR count). The molecule has 1 aromatic rings. The standard InChI is InChI=1S/C11H14N4O2/c12-9-8(10(13)15-6-14-9)17-11(16)7-4-2-1-3-5-7/h1-2,6-7H,3-5H2,(H4,12,13,14,15). The van der Waals surface area contributed by atoms with Crippen LogP contribution >= 0.6 is 0 Å². The Morgan fingerprint density at radius 2 is 2.00 bits per heavy atom. The van der Waals surface area contributed by atoms with Gasteiger partial charge in [-0.3, -0.25) is 4.79 Å². The van der Waals surface area contributed by atoms with E-state index in [4.69, 9.17) is 16.2 Å². The van der Waals surface area contributed by atoms with E-state index in [1.54, 1.807) is 0 Å². The number of carbonyl (C=O) groups is 1. The zero-order valence-corrected chi connectivity index (χ0v) is 9.30. The Balaban J connectivity index is 2.10. The Kier molecular flexibility index (Phi) is 3.22. The van der Waals surface area contributed by atoms with E-state index < -0.39 is 0 Å². The second-order valence-electron chi connectivity index (χ2n) is 3.88. The van der Waals surface area contributed by atoms with E-state index in [9.17, 15) is 4.79 Å². The highest BCUT2D eigenvalue weighted by Crippen LogP contribution is 2.27. The largest absolute Gasteiger partial charge is 0.418 e. The molecule has 4 N–H and O–H groups in total. The summed E-state index contributed by atoms with van der Waals surface area (Å²) in [6.45, 7) is 0. The molecule has 0 aromatic carbocycles. The lowest BCUT2D eigenvalue weighted by Gasteiger charge is -2.16. The van der Waals surface area contributed by atoms with Crippen molar-refractivity contribution < 1.29 is 9.53 Å². The molecule has 0 amide bonds. The maximum atomic E-state index is 11.8. The number of esters is 1. The van der Waals surface area contributed by atoms with Crippen LogP contribution in [0.4, 0.5) is 11.6 Å². The number of nitrogen functional groups attached to an aromatic ring is 2. The van der Waals surface area contributed by atoms with Gasteiger partial charge in [-0.1, -0.05) is 12.2 Å². The van der Waals surface area contributed by atoms with Crippen LogP contribution in [0, 0.1) is 5.92 Å². The third-order valence-electron chi connectivity index (χ3n) is 2.66. The summed E-state index contributed by atoms with van der Waals surface area (Å²) >= 11 is 0. The van der Waals surface area contributed by atoms with Gasteiger partial charge in [0.15, 0.2) is 11.6 Å². The van der Waals surface area contributed by atoms with Gasteiger partial charge in [-0.05, 0) is 19.3 Å². The van der Waals surface area contributed by atoms with Crippen LogP contribution in [0.25, 0.3) is 0 Å². The average molecular weight is 234 g/mol. The zero-order chi connectivity index (χ0) is 12.3. The van der Waals surface area contributed by atoms with Crippen molar-refractivity contribution in [3.63, 3.8) is 0 Å². The van der Waals surface area contributed by atoms with Gasteiger partial charge in [-0.15, -0.1) is 0 Å². The summed E-state index contributed by atoms with van der Waals surface area (Å²) in [5.41, 5.74) is 11.2. The topological polar surface area (TPSA) is 104 Å². The van der Waals surface area contributed by atoms with Crippen LogP contribution < -0.4 is 16.2 Å². The van der Waals surface area contributed by atoms with Crippen molar-refractivity contribution in [1.82, 2.24) is 9.97 Å². The molecule has 17 heavy (non-hydrogen) atoms. The molecule has 1 unspecified atom stereocenters. The number of aromatic nitrogens is 2. The maximum absolute atomic E-state index is 11.8. The molecule has 1 aliphatic carbocycles. The van der Waals surface area contributed by atoms with Gasteiger partial charge >= 0.3 is 5.97 Å². The van der Waals surface area contributed by atoms with Crippen molar-refractivity contribution >= 4 is 17.6 Å². The lowest BCUT2D eigenvalue weighted by atomic mass is 9.95. The monoisotopic (exact) mass is 234 g/mol. The van der Waals surface area contributed by atoms with Crippen molar-refractivity contribution in [2.45, 2.75) is 19.3 Å². The summed E-state index contributed by atoms with van der Waals surface area (Å²) in [4.78, 5) is 19.3. The lowest BCUT2D eigenvalue weighted by molar-refractivity contribution is -0.139. The van der Waals surface area contributed by atoms with Gasteiger partial charge in [0.2, 0.25) is 5.75 Å². The molecular formula is C11H14N4O2. The van der Waals surface area contributed by atoms with Crippen molar-refractivity contribution in [2.75, 3.05) is 11.5 Å². The Bertz CT molecular complexity index is 439. The number of hydrogen-bond donors (Lipinski definition) is 2. The highest BCUT2D eigenvalue weighted by molar-refractivity contribution is 5.78. The zero-order valence-electron chi connectivity index (χ0n) is 9.30. The predicted octanol–water partition coefficient (Wildman–Crippen LogP) is 0.903. The van der Waals surface area contributed by atoms with Gasteiger partial charge in [0.25, 0.3) is 0 Å². The predicted molar refractivity (Wildman–Crippen MR) is 63.0 cm³/mol.